The Hall–Kier alpha value is 0.556. The number of hydrogen-bond acceptors (Lipinski definition) is 1. The van der Waals surface area contributed by atoms with Gasteiger partial charge in [0, 0.05) is 0 Å². The standard InChI is InChI=1S/C10H7S.K/c1-2-4-9(5-3-1)10-6-7-11-8-10;/h1-2,4-8H;/q-1;+1. The van der Waals surface area contributed by atoms with Crippen molar-refractivity contribution in [1.29, 1.82) is 0 Å². The molecule has 2 rings (SSSR count). The minimum atomic E-state index is 0. The van der Waals surface area contributed by atoms with Crippen molar-refractivity contribution in [2.45, 2.75) is 0 Å². The molecular formula is C10H7KS. The number of benzene rings is 1. The van der Waals surface area contributed by atoms with Gasteiger partial charge in [-0.2, -0.15) is 41.7 Å². The van der Waals surface area contributed by atoms with Crippen LogP contribution >= 0.6 is 11.3 Å². The molecule has 1 heterocycles. The van der Waals surface area contributed by atoms with E-state index in [4.69, 9.17) is 0 Å². The molecule has 2 aromatic rings. The topological polar surface area (TPSA) is 0 Å². The van der Waals surface area contributed by atoms with Crippen LogP contribution in [0, 0.1) is 6.07 Å². The monoisotopic (exact) mass is 198 g/mol. The van der Waals surface area contributed by atoms with Gasteiger partial charge in [-0.1, -0.05) is 11.6 Å². The third kappa shape index (κ3) is 2.52. The predicted octanol–water partition coefficient (Wildman–Crippen LogP) is 0.219. The van der Waals surface area contributed by atoms with E-state index in [1.165, 1.54) is 11.1 Å². The molecule has 12 heavy (non-hydrogen) atoms. The van der Waals surface area contributed by atoms with Crippen LogP contribution in [0.4, 0.5) is 0 Å². The van der Waals surface area contributed by atoms with Gasteiger partial charge in [-0.15, -0.1) is 5.56 Å². The van der Waals surface area contributed by atoms with Crippen LogP contribution in [-0.2, 0) is 0 Å². The fraction of sp³-hybridized carbons (Fsp3) is 0. The van der Waals surface area contributed by atoms with E-state index in [9.17, 15) is 0 Å². The first-order valence-electron chi connectivity index (χ1n) is 3.45. The summed E-state index contributed by atoms with van der Waals surface area (Å²) < 4.78 is 0. The van der Waals surface area contributed by atoms with Crippen LogP contribution in [0.1, 0.15) is 0 Å². The molecule has 0 atom stereocenters. The maximum absolute atomic E-state index is 3.05. The molecule has 0 N–H and O–H groups in total. The van der Waals surface area contributed by atoms with Crippen molar-refractivity contribution >= 4 is 11.3 Å². The zero-order valence-corrected chi connectivity index (χ0v) is 10.9. The molecule has 1 aromatic heterocycles. The number of rotatable bonds is 1. The van der Waals surface area contributed by atoms with Crippen LogP contribution < -0.4 is 51.4 Å². The summed E-state index contributed by atoms with van der Waals surface area (Å²) in [6.45, 7) is 0. The van der Waals surface area contributed by atoms with E-state index in [1.807, 2.05) is 18.2 Å². The number of thiophene rings is 1. The fourth-order valence-corrected chi connectivity index (χ4v) is 1.67. The van der Waals surface area contributed by atoms with Gasteiger partial charge in [-0.25, -0.2) is 0 Å². The van der Waals surface area contributed by atoms with E-state index in [2.05, 4.69) is 29.0 Å². The van der Waals surface area contributed by atoms with E-state index in [0.717, 1.165) is 0 Å². The average molecular weight is 198 g/mol. The first-order chi connectivity index (χ1) is 5.47. The van der Waals surface area contributed by atoms with E-state index in [0.29, 0.717) is 0 Å². The zero-order valence-electron chi connectivity index (χ0n) is 6.95. The molecule has 0 radical (unpaired) electrons. The molecule has 0 aliphatic rings. The largest absolute Gasteiger partial charge is 1.00 e. The third-order valence-electron chi connectivity index (χ3n) is 1.56. The van der Waals surface area contributed by atoms with E-state index in [-0.39, 0.29) is 51.4 Å². The Morgan fingerprint density at radius 1 is 1.17 bits per heavy atom. The van der Waals surface area contributed by atoms with E-state index < -0.39 is 0 Å². The fourth-order valence-electron chi connectivity index (χ4n) is 1.00. The van der Waals surface area contributed by atoms with Gasteiger partial charge in [0.15, 0.2) is 0 Å². The van der Waals surface area contributed by atoms with Gasteiger partial charge in [-0.05, 0) is 10.8 Å². The van der Waals surface area contributed by atoms with Crippen LogP contribution in [0.2, 0.25) is 0 Å². The first kappa shape index (κ1) is 10.6. The van der Waals surface area contributed by atoms with E-state index >= 15 is 0 Å². The smallest absolute Gasteiger partial charge is 0.183 e. The van der Waals surface area contributed by atoms with Gasteiger partial charge >= 0.3 is 51.4 Å². The Morgan fingerprint density at radius 2 is 2.08 bits per heavy atom. The second-order valence-electron chi connectivity index (χ2n) is 2.30. The van der Waals surface area contributed by atoms with Crippen LogP contribution in [0.3, 0.4) is 0 Å². The summed E-state index contributed by atoms with van der Waals surface area (Å²) in [4.78, 5) is 0. The quantitative estimate of drug-likeness (QED) is 0.454. The van der Waals surface area contributed by atoms with Gasteiger partial charge in [-0.3, -0.25) is 0 Å². The molecule has 0 spiro atoms. The molecule has 0 aliphatic heterocycles. The van der Waals surface area contributed by atoms with Crippen molar-refractivity contribution in [3.8, 4) is 11.1 Å². The van der Waals surface area contributed by atoms with Crippen molar-refractivity contribution in [3.63, 3.8) is 0 Å². The molecule has 0 aliphatic carbocycles. The predicted molar refractivity (Wildman–Crippen MR) is 48.6 cm³/mol. The van der Waals surface area contributed by atoms with Gasteiger partial charge in [0.25, 0.3) is 0 Å². The van der Waals surface area contributed by atoms with Crippen molar-refractivity contribution in [2.24, 2.45) is 0 Å². The SMILES string of the molecule is [K+].[c-]1cccc(-c2ccsc2)c1. The maximum atomic E-state index is 3.05. The van der Waals surface area contributed by atoms with Crippen LogP contribution in [0.15, 0.2) is 41.1 Å². The maximum Gasteiger partial charge on any atom is 1.00 e. The second kappa shape index (κ2) is 5.32. The summed E-state index contributed by atoms with van der Waals surface area (Å²) in [5.41, 5.74) is 2.53. The molecule has 54 valence electrons. The molecule has 0 unspecified atom stereocenters. The molecule has 0 bridgehead atoms. The molecule has 0 saturated carbocycles. The van der Waals surface area contributed by atoms with Crippen LogP contribution in [-0.4, -0.2) is 0 Å². The molecule has 2 heteroatoms. The average Bonchev–Trinajstić information content (AvgIpc) is 2.58. The summed E-state index contributed by atoms with van der Waals surface area (Å²) in [5, 5.41) is 4.23. The van der Waals surface area contributed by atoms with Crippen molar-refractivity contribution in [3.05, 3.63) is 47.2 Å². The molecular weight excluding hydrogens is 191 g/mol. The number of hydrogen-bond donors (Lipinski definition) is 0. The molecule has 1 aromatic carbocycles. The molecule has 0 nitrogen and oxygen atoms in total. The Morgan fingerprint density at radius 3 is 2.67 bits per heavy atom. The van der Waals surface area contributed by atoms with Gasteiger partial charge in [0.05, 0.1) is 0 Å². The van der Waals surface area contributed by atoms with Crippen molar-refractivity contribution in [2.75, 3.05) is 0 Å². The minimum absolute atomic E-state index is 0. The molecule has 0 fully saturated rings. The third-order valence-corrected chi connectivity index (χ3v) is 2.24. The Balaban J connectivity index is 0.000000720. The van der Waals surface area contributed by atoms with Crippen molar-refractivity contribution in [1.82, 2.24) is 0 Å². The van der Waals surface area contributed by atoms with Gasteiger partial charge < -0.3 is 0 Å². The zero-order chi connectivity index (χ0) is 7.52. The Labute approximate surface area is 119 Å². The molecule has 0 saturated heterocycles. The summed E-state index contributed by atoms with van der Waals surface area (Å²) in [5.74, 6) is 0. The van der Waals surface area contributed by atoms with Crippen LogP contribution in [0.25, 0.3) is 11.1 Å². The molecule has 0 amide bonds. The summed E-state index contributed by atoms with van der Waals surface area (Å²) in [6, 6.07) is 13.2. The van der Waals surface area contributed by atoms with Gasteiger partial charge in [0.1, 0.15) is 0 Å². The minimum Gasteiger partial charge on any atom is -0.183 e. The van der Waals surface area contributed by atoms with Crippen LogP contribution in [0.5, 0.6) is 0 Å². The Kier molecular flexibility index (Phi) is 4.72. The summed E-state index contributed by atoms with van der Waals surface area (Å²) >= 11 is 1.72. The summed E-state index contributed by atoms with van der Waals surface area (Å²) in [6.07, 6.45) is 0. The van der Waals surface area contributed by atoms with E-state index in [1.54, 1.807) is 11.3 Å². The second-order valence-corrected chi connectivity index (χ2v) is 3.08. The van der Waals surface area contributed by atoms with Crippen molar-refractivity contribution < 1.29 is 51.4 Å². The Bertz CT molecular complexity index is 313. The van der Waals surface area contributed by atoms with Gasteiger partial charge in [0.2, 0.25) is 0 Å². The normalized spacial score (nSPS) is 9.00. The first-order valence-corrected chi connectivity index (χ1v) is 4.40. The summed E-state index contributed by atoms with van der Waals surface area (Å²) in [7, 11) is 0.